The first kappa shape index (κ1) is 26.2. The first-order chi connectivity index (χ1) is 18.4. The third-order valence-corrected chi connectivity index (χ3v) is 5.94. The van der Waals surface area contributed by atoms with Gasteiger partial charge in [0.1, 0.15) is 6.10 Å². The molecule has 0 aliphatic heterocycles. The second kappa shape index (κ2) is 12.4. The van der Waals surface area contributed by atoms with Crippen molar-refractivity contribution < 1.29 is 23.8 Å². The first-order valence-corrected chi connectivity index (χ1v) is 12.2. The Hall–Kier alpha value is -4.85. The summed E-state index contributed by atoms with van der Waals surface area (Å²) < 4.78 is 19.8. The fourth-order valence-corrected chi connectivity index (χ4v) is 4.02. The SMILES string of the molecule is Nc1ccccc1NC(=O)/C=C/CCC[C@H](OC(=O)Nc1cccc2ccccc12)c1ccc(O)c(F)c1. The van der Waals surface area contributed by atoms with E-state index in [2.05, 4.69) is 10.6 Å². The molecule has 4 rings (SSSR count). The van der Waals surface area contributed by atoms with Crippen LogP contribution in [-0.2, 0) is 9.53 Å². The Kier molecular flexibility index (Phi) is 8.56. The van der Waals surface area contributed by atoms with E-state index >= 15 is 0 Å². The van der Waals surface area contributed by atoms with Crippen LogP contribution in [0.5, 0.6) is 5.75 Å². The Morgan fingerprint density at radius 2 is 1.68 bits per heavy atom. The molecule has 0 radical (unpaired) electrons. The quantitative estimate of drug-likeness (QED) is 0.110. The molecule has 4 aromatic rings. The van der Waals surface area contributed by atoms with Crippen LogP contribution in [0.1, 0.15) is 30.9 Å². The molecule has 0 unspecified atom stereocenters. The number of rotatable bonds is 9. The number of carbonyl (C=O) groups is 2. The third kappa shape index (κ3) is 6.88. The Morgan fingerprint density at radius 3 is 2.50 bits per heavy atom. The summed E-state index contributed by atoms with van der Waals surface area (Å²) in [5.74, 6) is -1.60. The lowest BCUT2D eigenvalue weighted by Gasteiger charge is -2.19. The van der Waals surface area contributed by atoms with E-state index in [1.807, 2.05) is 36.4 Å². The zero-order chi connectivity index (χ0) is 26.9. The van der Waals surface area contributed by atoms with E-state index in [4.69, 9.17) is 10.5 Å². The van der Waals surface area contributed by atoms with Crippen molar-refractivity contribution in [3.8, 4) is 5.75 Å². The number of aromatic hydroxyl groups is 1. The molecule has 194 valence electrons. The van der Waals surface area contributed by atoms with Gasteiger partial charge in [0.05, 0.1) is 17.1 Å². The summed E-state index contributed by atoms with van der Waals surface area (Å²) in [4.78, 5) is 25.0. The number of allylic oxidation sites excluding steroid dienone is 1. The molecular formula is C30H28FN3O4. The molecule has 0 aromatic heterocycles. The second-order valence-corrected chi connectivity index (χ2v) is 8.67. The normalized spacial score (nSPS) is 11.8. The van der Waals surface area contributed by atoms with Crippen molar-refractivity contribution in [2.45, 2.75) is 25.4 Å². The maximum atomic E-state index is 14.1. The number of phenolic OH excluding ortho intramolecular Hbond substituents is 1. The lowest BCUT2D eigenvalue weighted by Crippen LogP contribution is -2.18. The van der Waals surface area contributed by atoms with Crippen LogP contribution < -0.4 is 16.4 Å². The number of fused-ring (bicyclic) bond motifs is 1. The molecule has 2 amide bonds. The number of nitrogen functional groups attached to an aromatic ring is 1. The number of para-hydroxylation sites is 2. The number of nitrogens with one attached hydrogen (secondary N) is 2. The van der Waals surface area contributed by atoms with Crippen LogP contribution in [0.4, 0.5) is 26.2 Å². The molecule has 0 saturated heterocycles. The van der Waals surface area contributed by atoms with Gasteiger partial charge in [-0.1, -0.05) is 60.7 Å². The minimum Gasteiger partial charge on any atom is -0.505 e. The molecule has 1 atom stereocenters. The van der Waals surface area contributed by atoms with Crippen molar-refractivity contribution in [1.29, 1.82) is 0 Å². The number of hydrogen-bond donors (Lipinski definition) is 4. The van der Waals surface area contributed by atoms with E-state index in [-0.39, 0.29) is 5.91 Å². The number of halogens is 1. The highest BCUT2D eigenvalue weighted by Crippen LogP contribution is 2.29. The van der Waals surface area contributed by atoms with E-state index in [0.717, 1.165) is 16.8 Å². The zero-order valence-corrected chi connectivity index (χ0v) is 20.6. The standard InChI is InChI=1S/C30H28FN3O4/c31-23-19-21(17-18-27(23)35)28(15-2-1-3-16-29(36)33-26-13-7-6-12-24(26)32)38-30(37)34-25-14-8-10-20-9-4-5-11-22(20)25/h3-14,16-19,28,35H,1-2,15,32H2,(H,33,36)(H,34,37)/b16-3+/t28-/m0/s1. The van der Waals surface area contributed by atoms with Gasteiger partial charge in [0, 0.05) is 5.39 Å². The van der Waals surface area contributed by atoms with Crippen LogP contribution in [0.15, 0.2) is 97.1 Å². The predicted octanol–water partition coefficient (Wildman–Crippen LogP) is 6.92. The summed E-state index contributed by atoms with van der Waals surface area (Å²) in [5.41, 5.74) is 7.85. The number of ether oxygens (including phenoxy) is 1. The fraction of sp³-hybridized carbons (Fsp3) is 0.133. The Labute approximate surface area is 219 Å². The van der Waals surface area contributed by atoms with E-state index < -0.39 is 23.8 Å². The first-order valence-electron chi connectivity index (χ1n) is 12.2. The average molecular weight is 514 g/mol. The molecule has 7 nitrogen and oxygen atoms in total. The molecule has 0 bridgehead atoms. The van der Waals surface area contributed by atoms with Crippen LogP contribution in [0.2, 0.25) is 0 Å². The number of amides is 2. The number of anilines is 3. The largest absolute Gasteiger partial charge is 0.505 e. The van der Waals surface area contributed by atoms with Gasteiger partial charge in [0.2, 0.25) is 5.91 Å². The van der Waals surface area contributed by atoms with Gasteiger partial charge in [-0.25, -0.2) is 9.18 Å². The lowest BCUT2D eigenvalue weighted by atomic mass is 10.0. The summed E-state index contributed by atoms with van der Waals surface area (Å²) in [5, 5.41) is 16.9. The summed E-state index contributed by atoms with van der Waals surface area (Å²) in [6.07, 6.45) is 3.09. The molecule has 0 aliphatic rings. The fourth-order valence-electron chi connectivity index (χ4n) is 4.02. The van der Waals surface area contributed by atoms with Gasteiger partial charge >= 0.3 is 6.09 Å². The molecule has 0 fully saturated rings. The van der Waals surface area contributed by atoms with Crippen LogP contribution in [0.25, 0.3) is 10.8 Å². The number of carbonyl (C=O) groups excluding carboxylic acids is 2. The summed E-state index contributed by atoms with van der Waals surface area (Å²) in [6, 6.07) is 24.0. The van der Waals surface area contributed by atoms with Crippen LogP contribution in [0.3, 0.4) is 0 Å². The molecule has 4 aromatic carbocycles. The Morgan fingerprint density at radius 1 is 0.947 bits per heavy atom. The minimum absolute atomic E-state index is 0.314. The molecule has 0 aliphatic carbocycles. The number of phenols is 1. The molecule has 0 spiro atoms. The zero-order valence-electron chi connectivity index (χ0n) is 20.6. The van der Waals surface area contributed by atoms with E-state index in [0.29, 0.717) is 41.9 Å². The Bertz CT molecular complexity index is 1470. The second-order valence-electron chi connectivity index (χ2n) is 8.67. The van der Waals surface area contributed by atoms with Crippen molar-refractivity contribution in [3.05, 3.63) is 108 Å². The van der Waals surface area contributed by atoms with Gasteiger partial charge in [0.25, 0.3) is 0 Å². The van der Waals surface area contributed by atoms with Crippen molar-refractivity contribution >= 4 is 39.8 Å². The monoisotopic (exact) mass is 513 g/mol. The van der Waals surface area contributed by atoms with E-state index in [1.165, 1.54) is 18.2 Å². The predicted molar refractivity (Wildman–Crippen MR) is 147 cm³/mol. The number of unbranched alkanes of at least 4 members (excludes halogenated alkanes) is 1. The maximum Gasteiger partial charge on any atom is 0.412 e. The Balaban J connectivity index is 1.38. The summed E-state index contributed by atoms with van der Waals surface area (Å²) in [7, 11) is 0. The molecule has 0 heterocycles. The van der Waals surface area contributed by atoms with Gasteiger partial charge in [-0.05, 0) is 66.6 Å². The average Bonchev–Trinajstić information content (AvgIpc) is 2.91. The molecule has 8 heteroatoms. The summed E-state index contributed by atoms with van der Waals surface area (Å²) >= 11 is 0. The maximum absolute atomic E-state index is 14.1. The molecule has 5 N–H and O–H groups in total. The van der Waals surface area contributed by atoms with Crippen LogP contribution in [0, 0.1) is 5.82 Å². The lowest BCUT2D eigenvalue weighted by molar-refractivity contribution is -0.111. The van der Waals surface area contributed by atoms with Crippen molar-refractivity contribution in [3.63, 3.8) is 0 Å². The number of nitrogens with two attached hydrogens (primary N) is 1. The topological polar surface area (TPSA) is 114 Å². The van der Waals surface area contributed by atoms with E-state index in [1.54, 1.807) is 36.4 Å². The van der Waals surface area contributed by atoms with Gasteiger partial charge in [-0.15, -0.1) is 0 Å². The van der Waals surface area contributed by atoms with Gasteiger partial charge in [0.15, 0.2) is 11.6 Å². The molecular weight excluding hydrogens is 485 g/mol. The van der Waals surface area contributed by atoms with Crippen molar-refractivity contribution in [1.82, 2.24) is 0 Å². The van der Waals surface area contributed by atoms with Crippen LogP contribution >= 0.6 is 0 Å². The number of benzene rings is 4. The smallest absolute Gasteiger partial charge is 0.412 e. The summed E-state index contributed by atoms with van der Waals surface area (Å²) in [6.45, 7) is 0. The minimum atomic E-state index is -0.803. The van der Waals surface area contributed by atoms with Crippen molar-refractivity contribution in [2.24, 2.45) is 0 Å². The highest BCUT2D eigenvalue weighted by molar-refractivity contribution is 6.01. The van der Waals surface area contributed by atoms with Crippen molar-refractivity contribution in [2.75, 3.05) is 16.4 Å². The van der Waals surface area contributed by atoms with E-state index in [9.17, 15) is 19.1 Å². The highest BCUT2D eigenvalue weighted by atomic mass is 19.1. The molecule has 0 saturated carbocycles. The third-order valence-electron chi connectivity index (χ3n) is 5.94. The van der Waals surface area contributed by atoms with Crippen LogP contribution in [-0.4, -0.2) is 17.1 Å². The van der Waals surface area contributed by atoms with Gasteiger partial charge < -0.3 is 20.9 Å². The highest BCUT2D eigenvalue weighted by Gasteiger charge is 2.19. The van der Waals surface area contributed by atoms with Gasteiger partial charge in [-0.3, -0.25) is 10.1 Å². The number of hydrogen-bond acceptors (Lipinski definition) is 5. The van der Waals surface area contributed by atoms with Gasteiger partial charge in [-0.2, -0.15) is 0 Å². The molecule has 38 heavy (non-hydrogen) atoms.